The molecule has 70 valence electrons. The highest BCUT2D eigenvalue weighted by Gasteiger charge is 2.05. The van der Waals surface area contributed by atoms with Gasteiger partial charge in [-0.25, -0.2) is 0 Å². The molecule has 0 unspecified atom stereocenters. The van der Waals surface area contributed by atoms with Crippen LogP contribution in [0.15, 0.2) is 36.4 Å². The lowest BCUT2D eigenvalue weighted by molar-refractivity contribution is -0.144. The van der Waals surface area contributed by atoms with E-state index >= 15 is 0 Å². The first-order valence-corrected chi connectivity index (χ1v) is 4.26. The van der Waals surface area contributed by atoms with Gasteiger partial charge in [-0.1, -0.05) is 36.4 Å². The van der Waals surface area contributed by atoms with Gasteiger partial charge in [-0.15, -0.1) is 0 Å². The minimum Gasteiger partial charge on any atom is -0.463 e. The smallest absolute Gasteiger partial charge is 0.319 e. The number of morpholine rings is 1. The van der Waals surface area contributed by atoms with Crippen LogP contribution in [0, 0.1) is 0 Å². The van der Waals surface area contributed by atoms with Gasteiger partial charge in [-0.2, -0.15) is 0 Å². The molecule has 0 aliphatic carbocycles. The molecule has 0 aromatic heterocycles. The third kappa shape index (κ3) is 4.98. The van der Waals surface area contributed by atoms with Crippen molar-refractivity contribution in [3.63, 3.8) is 0 Å². The molecule has 1 aromatic carbocycles. The summed E-state index contributed by atoms with van der Waals surface area (Å²) in [6, 6.07) is 12.0. The van der Waals surface area contributed by atoms with Crippen molar-refractivity contribution in [3.05, 3.63) is 36.4 Å². The number of hydrogen-bond donors (Lipinski definition) is 1. The fourth-order valence-corrected chi connectivity index (χ4v) is 0.863. The summed E-state index contributed by atoms with van der Waals surface area (Å²) in [5.74, 6) is -0.147. The van der Waals surface area contributed by atoms with Gasteiger partial charge in [-0.3, -0.25) is 4.79 Å². The highest BCUT2D eigenvalue weighted by Crippen LogP contribution is 1.80. The van der Waals surface area contributed by atoms with Crippen molar-refractivity contribution >= 4 is 5.97 Å². The molecule has 0 amide bonds. The van der Waals surface area contributed by atoms with Gasteiger partial charge in [0.15, 0.2) is 0 Å². The molecule has 0 saturated carbocycles. The molecule has 0 atom stereocenters. The normalized spacial score (nSPS) is 15.2. The lowest BCUT2D eigenvalue weighted by atomic mass is 10.4. The average molecular weight is 179 g/mol. The van der Waals surface area contributed by atoms with Gasteiger partial charge in [0.25, 0.3) is 0 Å². The third-order valence-corrected chi connectivity index (χ3v) is 1.48. The SMILES string of the molecule is O=C1CNCCO1.c1ccccc1. The molecule has 0 spiro atoms. The van der Waals surface area contributed by atoms with Gasteiger partial charge in [-0.05, 0) is 0 Å². The molecule has 1 aliphatic rings. The molecule has 0 bridgehead atoms. The summed E-state index contributed by atoms with van der Waals surface area (Å²) in [4.78, 5) is 10.2. The Balaban J connectivity index is 0.000000132. The molecule has 1 fully saturated rings. The Bertz CT molecular complexity index is 201. The summed E-state index contributed by atoms with van der Waals surface area (Å²) < 4.78 is 4.58. The van der Waals surface area contributed by atoms with Gasteiger partial charge in [0, 0.05) is 6.54 Å². The van der Waals surface area contributed by atoms with Gasteiger partial charge in [0.2, 0.25) is 0 Å². The summed E-state index contributed by atoms with van der Waals surface area (Å²) in [5, 5.41) is 2.86. The van der Waals surface area contributed by atoms with Crippen molar-refractivity contribution in [2.24, 2.45) is 0 Å². The monoisotopic (exact) mass is 179 g/mol. The predicted octanol–water partition coefficient (Wildman–Crippen LogP) is 0.819. The Morgan fingerprint density at radius 2 is 1.62 bits per heavy atom. The average Bonchev–Trinajstić information content (AvgIpc) is 2.22. The summed E-state index contributed by atoms with van der Waals surface area (Å²) >= 11 is 0. The molecular formula is C10H13NO2. The number of hydrogen-bond acceptors (Lipinski definition) is 3. The van der Waals surface area contributed by atoms with Crippen LogP contribution in [0.1, 0.15) is 0 Å². The molecule has 3 heteroatoms. The molecular weight excluding hydrogens is 166 g/mol. The predicted molar refractivity (Wildman–Crippen MR) is 50.3 cm³/mol. The van der Waals surface area contributed by atoms with Crippen LogP contribution in [0.2, 0.25) is 0 Å². The maximum absolute atomic E-state index is 10.2. The van der Waals surface area contributed by atoms with E-state index in [0.29, 0.717) is 13.2 Å². The van der Waals surface area contributed by atoms with E-state index in [9.17, 15) is 4.79 Å². The Morgan fingerprint density at radius 3 is 1.85 bits per heavy atom. The van der Waals surface area contributed by atoms with Crippen LogP contribution in [0.5, 0.6) is 0 Å². The second-order valence-electron chi connectivity index (χ2n) is 2.55. The Hall–Kier alpha value is -1.35. The lowest BCUT2D eigenvalue weighted by Crippen LogP contribution is -2.34. The van der Waals surface area contributed by atoms with E-state index in [2.05, 4.69) is 10.1 Å². The van der Waals surface area contributed by atoms with E-state index in [1.165, 1.54) is 0 Å². The minimum atomic E-state index is -0.147. The molecule has 1 saturated heterocycles. The van der Waals surface area contributed by atoms with Crippen LogP contribution in [0.3, 0.4) is 0 Å². The van der Waals surface area contributed by atoms with Gasteiger partial charge in [0.05, 0.1) is 6.54 Å². The lowest BCUT2D eigenvalue weighted by Gasteiger charge is -2.10. The van der Waals surface area contributed by atoms with Crippen molar-refractivity contribution in [3.8, 4) is 0 Å². The van der Waals surface area contributed by atoms with E-state index in [-0.39, 0.29) is 5.97 Å². The standard InChI is InChI=1S/C6H6.C4H7NO2/c1-2-4-6-5-3-1;6-4-3-5-1-2-7-4/h1-6H;5H,1-3H2. The Labute approximate surface area is 77.7 Å². The Morgan fingerprint density at radius 1 is 1.08 bits per heavy atom. The van der Waals surface area contributed by atoms with Crippen molar-refractivity contribution in [1.82, 2.24) is 5.32 Å². The Kier molecular flexibility index (Phi) is 4.64. The molecule has 13 heavy (non-hydrogen) atoms. The number of cyclic esters (lactones) is 1. The zero-order chi connectivity index (χ0) is 9.36. The second kappa shape index (κ2) is 6.20. The van der Waals surface area contributed by atoms with Gasteiger partial charge in [0.1, 0.15) is 6.61 Å². The molecule has 3 nitrogen and oxygen atoms in total. The fourth-order valence-electron chi connectivity index (χ4n) is 0.863. The molecule has 1 heterocycles. The number of nitrogens with one attached hydrogen (secondary N) is 1. The minimum absolute atomic E-state index is 0.147. The van der Waals surface area contributed by atoms with Crippen LogP contribution in [0.25, 0.3) is 0 Å². The second-order valence-corrected chi connectivity index (χ2v) is 2.55. The van der Waals surface area contributed by atoms with Crippen LogP contribution in [0.4, 0.5) is 0 Å². The number of rotatable bonds is 0. The number of esters is 1. The first kappa shape index (κ1) is 9.74. The quantitative estimate of drug-likeness (QED) is 0.599. The molecule has 1 N–H and O–H groups in total. The summed E-state index contributed by atoms with van der Waals surface area (Å²) in [6.45, 7) is 1.70. The van der Waals surface area contributed by atoms with Crippen molar-refractivity contribution in [2.75, 3.05) is 19.7 Å². The topological polar surface area (TPSA) is 38.3 Å². The molecule has 2 rings (SSSR count). The summed E-state index contributed by atoms with van der Waals surface area (Å²) in [5.41, 5.74) is 0. The largest absolute Gasteiger partial charge is 0.463 e. The van der Waals surface area contributed by atoms with Gasteiger partial charge >= 0.3 is 5.97 Å². The number of benzene rings is 1. The zero-order valence-corrected chi connectivity index (χ0v) is 7.40. The molecule has 0 radical (unpaired) electrons. The van der Waals surface area contributed by atoms with Crippen LogP contribution in [-0.2, 0) is 9.53 Å². The zero-order valence-electron chi connectivity index (χ0n) is 7.40. The number of carbonyl (C=O) groups is 1. The highest BCUT2D eigenvalue weighted by molar-refractivity contribution is 5.72. The fraction of sp³-hybridized carbons (Fsp3) is 0.300. The van der Waals surface area contributed by atoms with E-state index in [1.54, 1.807) is 0 Å². The van der Waals surface area contributed by atoms with Crippen molar-refractivity contribution < 1.29 is 9.53 Å². The van der Waals surface area contributed by atoms with E-state index in [1.807, 2.05) is 36.4 Å². The van der Waals surface area contributed by atoms with Crippen LogP contribution < -0.4 is 5.32 Å². The van der Waals surface area contributed by atoms with Crippen LogP contribution in [-0.4, -0.2) is 25.7 Å². The number of carbonyl (C=O) groups excluding carboxylic acids is 1. The van der Waals surface area contributed by atoms with Crippen molar-refractivity contribution in [2.45, 2.75) is 0 Å². The third-order valence-electron chi connectivity index (χ3n) is 1.48. The van der Waals surface area contributed by atoms with Crippen molar-refractivity contribution in [1.29, 1.82) is 0 Å². The summed E-state index contributed by atoms with van der Waals surface area (Å²) in [7, 11) is 0. The van der Waals surface area contributed by atoms with Gasteiger partial charge < -0.3 is 10.1 Å². The van der Waals surface area contributed by atoms with E-state index in [0.717, 1.165) is 6.54 Å². The van der Waals surface area contributed by atoms with E-state index in [4.69, 9.17) is 0 Å². The molecule has 1 aromatic rings. The van der Waals surface area contributed by atoms with E-state index < -0.39 is 0 Å². The highest BCUT2D eigenvalue weighted by atomic mass is 16.5. The first-order valence-electron chi connectivity index (χ1n) is 4.26. The maximum Gasteiger partial charge on any atom is 0.319 e. The number of ether oxygens (including phenoxy) is 1. The summed E-state index contributed by atoms with van der Waals surface area (Å²) in [6.07, 6.45) is 0. The molecule has 1 aliphatic heterocycles. The first-order chi connectivity index (χ1) is 6.39. The van der Waals surface area contributed by atoms with Crippen LogP contribution >= 0.6 is 0 Å². The maximum atomic E-state index is 10.2.